The van der Waals surface area contributed by atoms with Gasteiger partial charge in [0, 0.05) is 12.1 Å². The smallest absolute Gasteiger partial charge is 0.419 e. The summed E-state index contributed by atoms with van der Waals surface area (Å²) in [5.41, 5.74) is 2.83. The van der Waals surface area contributed by atoms with Crippen molar-refractivity contribution in [2.75, 3.05) is 14.2 Å². The molecule has 0 aliphatic rings. The maximum atomic E-state index is 14.3. The van der Waals surface area contributed by atoms with Crippen LogP contribution in [0.15, 0.2) is 94.9 Å². The second-order valence-electron chi connectivity index (χ2n) is 12.4. The number of nitriles is 4. The number of carbonyl (C=O) groups is 2. The van der Waals surface area contributed by atoms with E-state index in [0.717, 1.165) is 33.8 Å². The molecule has 0 radical (unpaired) electrons. The third-order valence-corrected chi connectivity index (χ3v) is 13.4. The highest BCUT2D eigenvalue weighted by molar-refractivity contribution is 7.36. The molecule has 0 fully saturated rings. The topological polar surface area (TPSA) is 201 Å². The summed E-state index contributed by atoms with van der Waals surface area (Å²) in [6.45, 7) is -0.0201. The van der Waals surface area contributed by atoms with Crippen molar-refractivity contribution in [3.8, 4) is 56.9 Å². The van der Waals surface area contributed by atoms with Crippen molar-refractivity contribution in [2.24, 2.45) is 9.98 Å². The van der Waals surface area contributed by atoms with Crippen molar-refractivity contribution in [2.45, 2.75) is 13.2 Å². The number of methoxy groups -OCH3 is 2. The fourth-order valence-corrected chi connectivity index (χ4v) is 11.1. The Balaban J connectivity index is 1.34. The van der Waals surface area contributed by atoms with Crippen LogP contribution in [0.25, 0.3) is 51.0 Å². The molecule has 292 valence electrons. The quantitative estimate of drug-likeness (QED) is 0.119. The predicted octanol–water partition coefficient (Wildman–Crippen LogP) is 11.0. The Hall–Kier alpha value is -7.58. The van der Waals surface area contributed by atoms with Gasteiger partial charge in [-0.25, -0.2) is 28.7 Å². The molecule has 0 spiro atoms. The second-order valence-corrected chi connectivity index (χ2v) is 16.6. The van der Waals surface area contributed by atoms with E-state index in [2.05, 4.69) is 9.98 Å². The van der Waals surface area contributed by atoms with Crippen LogP contribution in [0, 0.1) is 45.3 Å². The fourth-order valence-electron chi connectivity index (χ4n) is 6.33. The van der Waals surface area contributed by atoms with Gasteiger partial charge in [0.05, 0.1) is 65.2 Å². The minimum Gasteiger partial charge on any atom is -0.495 e. The molecule has 0 atom stereocenters. The largest absolute Gasteiger partial charge is 0.495 e. The second kappa shape index (κ2) is 16.7. The molecule has 14 nitrogen and oxygen atoms in total. The first-order valence-electron chi connectivity index (χ1n) is 17.5. The molecule has 18 heteroatoms. The van der Waals surface area contributed by atoms with E-state index in [-0.39, 0.29) is 24.6 Å². The molecule has 0 aliphatic carbocycles. The minimum absolute atomic E-state index is 0.0101. The first-order valence-corrected chi connectivity index (χ1v) is 20.7. The van der Waals surface area contributed by atoms with E-state index in [1.807, 2.05) is 72.8 Å². The van der Waals surface area contributed by atoms with Crippen molar-refractivity contribution in [3.05, 3.63) is 96.1 Å². The Labute approximate surface area is 356 Å². The Morgan fingerprint density at radius 2 is 0.967 bits per heavy atom. The fraction of sp³-hybridized carbons (Fsp3) is 0.0952. The molecule has 8 rings (SSSR count). The van der Waals surface area contributed by atoms with Gasteiger partial charge in [0.25, 0.3) is 0 Å². The summed E-state index contributed by atoms with van der Waals surface area (Å²) >= 11 is 5.00. The minimum atomic E-state index is -0.673. The van der Waals surface area contributed by atoms with Gasteiger partial charge in [-0.15, -0.1) is 45.3 Å². The maximum Gasteiger partial charge on any atom is 0.419 e. The monoisotopic (exact) mass is 864 g/mol. The third-order valence-electron chi connectivity index (χ3n) is 8.91. The van der Waals surface area contributed by atoms with Crippen molar-refractivity contribution in [3.63, 3.8) is 0 Å². The lowest BCUT2D eigenvalue weighted by Gasteiger charge is -2.11. The molecule has 0 saturated heterocycles. The third kappa shape index (κ3) is 7.24. The Morgan fingerprint density at radius 1 is 0.583 bits per heavy atom. The van der Waals surface area contributed by atoms with Crippen LogP contribution in [-0.2, 0) is 22.7 Å². The lowest BCUT2D eigenvalue weighted by molar-refractivity contribution is 0.142. The summed E-state index contributed by atoms with van der Waals surface area (Å²) in [5.74, 6) is 0.734. The van der Waals surface area contributed by atoms with E-state index in [0.29, 0.717) is 72.5 Å². The predicted molar refractivity (Wildman–Crippen MR) is 231 cm³/mol. The van der Waals surface area contributed by atoms with Gasteiger partial charge in [-0.05, 0) is 23.3 Å². The molecule has 0 N–H and O–H groups in total. The van der Waals surface area contributed by atoms with Crippen LogP contribution < -0.4 is 9.47 Å². The van der Waals surface area contributed by atoms with Crippen LogP contribution in [0.4, 0.5) is 19.6 Å². The summed E-state index contributed by atoms with van der Waals surface area (Å²) in [6, 6.07) is 32.4. The maximum absolute atomic E-state index is 14.3. The zero-order valence-corrected chi connectivity index (χ0v) is 34.4. The van der Waals surface area contributed by atoms with Crippen LogP contribution in [0.1, 0.15) is 11.1 Å². The van der Waals surface area contributed by atoms with Crippen molar-refractivity contribution < 1.29 is 28.5 Å². The highest BCUT2D eigenvalue weighted by Gasteiger charge is 2.31. The van der Waals surface area contributed by atoms with Gasteiger partial charge < -0.3 is 18.9 Å². The molecule has 60 heavy (non-hydrogen) atoms. The standard InChI is InChI=1S/C42H24N8O6S4/c1-53-29-15-33(47-25(17-43)18-44)59-37(29)27-13-31-35(49(27)41(51)55-21-23-9-5-3-6-10-23)39-40(57-31)36-32(58-39)14-28(50(36)42(52)56-22-24-11-7-4-8-12-24)38-30(54-2)16-34(60-38)48-26(19-45)20-46/h3-16H,21-22H2,1-2H3. The number of fused-ring (bicyclic) bond motifs is 5. The first kappa shape index (κ1) is 39.3. The van der Waals surface area contributed by atoms with Gasteiger partial charge in [-0.3, -0.25) is 0 Å². The molecule has 0 aliphatic heterocycles. The lowest BCUT2D eigenvalue weighted by atomic mass is 10.2. The van der Waals surface area contributed by atoms with Crippen LogP contribution in [0.3, 0.4) is 0 Å². The molecule has 0 amide bonds. The Bertz CT molecular complexity index is 2980. The summed E-state index contributed by atoms with van der Waals surface area (Å²) in [5, 5.41) is 38.1. The van der Waals surface area contributed by atoms with E-state index >= 15 is 0 Å². The summed E-state index contributed by atoms with van der Waals surface area (Å²) in [6.07, 6.45) is -1.35. The van der Waals surface area contributed by atoms with E-state index in [1.54, 1.807) is 36.4 Å². The molecule has 8 aromatic rings. The molecule has 0 bridgehead atoms. The number of carbonyl (C=O) groups excluding carboxylic acids is 2. The van der Waals surface area contributed by atoms with Gasteiger partial charge >= 0.3 is 12.2 Å². The van der Waals surface area contributed by atoms with Gasteiger partial charge in [0.1, 0.15) is 59.0 Å². The van der Waals surface area contributed by atoms with Gasteiger partial charge in [0.15, 0.2) is 0 Å². The summed E-state index contributed by atoms with van der Waals surface area (Å²) < 4.78 is 29.0. The Kier molecular flexibility index (Phi) is 10.9. The van der Waals surface area contributed by atoms with Crippen LogP contribution in [0.5, 0.6) is 11.5 Å². The lowest BCUT2D eigenvalue weighted by Crippen LogP contribution is -2.14. The number of hydrogen-bond donors (Lipinski definition) is 0. The van der Waals surface area contributed by atoms with Crippen LogP contribution >= 0.6 is 45.3 Å². The average molecular weight is 865 g/mol. The van der Waals surface area contributed by atoms with Crippen LogP contribution in [-0.4, -0.2) is 47.0 Å². The first-order chi connectivity index (χ1) is 29.3. The van der Waals surface area contributed by atoms with Crippen molar-refractivity contribution in [1.82, 2.24) is 9.13 Å². The highest BCUT2D eigenvalue weighted by atomic mass is 32.1. The summed E-state index contributed by atoms with van der Waals surface area (Å²) in [7, 11) is 2.94. The number of aromatic nitrogens is 2. The van der Waals surface area contributed by atoms with Crippen molar-refractivity contribution >= 4 is 109 Å². The van der Waals surface area contributed by atoms with E-state index in [1.165, 1.54) is 46.0 Å². The van der Waals surface area contributed by atoms with Crippen LogP contribution in [0.2, 0.25) is 0 Å². The molecule has 0 saturated carbocycles. The van der Waals surface area contributed by atoms with E-state index < -0.39 is 12.2 Å². The van der Waals surface area contributed by atoms with Crippen molar-refractivity contribution in [1.29, 1.82) is 21.0 Å². The number of ether oxygens (including phenoxy) is 4. The molecule has 6 heterocycles. The number of hydrogen-bond acceptors (Lipinski definition) is 16. The normalized spacial score (nSPS) is 10.7. The number of aliphatic imine (C=N–C) groups is 2. The van der Waals surface area contributed by atoms with E-state index in [4.69, 9.17) is 18.9 Å². The highest BCUT2D eigenvalue weighted by Crippen LogP contribution is 2.52. The molecular formula is C42H24N8O6S4. The SMILES string of the molecule is COc1cc(N=C(C#N)C#N)sc1-c1cc2sc3c(sc4cc(-c5sc(N=C(C#N)C#N)cc5OC)n(C(=O)OCc5ccccc5)c43)c2n1C(=O)OCc1ccccc1. The Morgan fingerprint density at radius 3 is 1.32 bits per heavy atom. The van der Waals surface area contributed by atoms with E-state index in [9.17, 15) is 30.6 Å². The van der Waals surface area contributed by atoms with Gasteiger partial charge in [-0.1, -0.05) is 60.7 Å². The number of thiophene rings is 4. The number of rotatable bonds is 10. The summed E-state index contributed by atoms with van der Waals surface area (Å²) in [4.78, 5) is 38.0. The van der Waals surface area contributed by atoms with Gasteiger partial charge in [-0.2, -0.15) is 21.0 Å². The average Bonchev–Trinajstić information content (AvgIpc) is 4.13. The molecule has 2 aromatic carbocycles. The zero-order valence-electron chi connectivity index (χ0n) is 31.2. The van der Waals surface area contributed by atoms with Gasteiger partial charge in [0.2, 0.25) is 11.4 Å². The molecular weight excluding hydrogens is 841 g/mol. The number of nitrogens with zero attached hydrogens (tertiary/aromatic N) is 8. The molecule has 6 aromatic heterocycles. The molecule has 0 unspecified atom stereocenters. The zero-order chi connectivity index (χ0) is 41.9. The number of benzene rings is 2.